The van der Waals surface area contributed by atoms with Gasteiger partial charge in [-0.15, -0.1) is 34.2 Å². The van der Waals surface area contributed by atoms with Crippen molar-refractivity contribution in [2.45, 2.75) is 25.8 Å². The van der Waals surface area contributed by atoms with Crippen molar-refractivity contribution in [2.75, 3.05) is 27.8 Å². The molecular weight excluding hydrogens is 495 g/mol. The SMILES string of the molecule is CN=C(NCc1nnc2ccccn12)NCC(C)(C)c1ccc(OC)c(OC)c1.I. The molecule has 8 nitrogen and oxygen atoms in total. The van der Waals surface area contributed by atoms with E-state index in [1.165, 1.54) is 0 Å². The lowest BCUT2D eigenvalue weighted by molar-refractivity contribution is 0.353. The van der Waals surface area contributed by atoms with E-state index in [1.54, 1.807) is 21.3 Å². The maximum atomic E-state index is 5.44. The summed E-state index contributed by atoms with van der Waals surface area (Å²) < 4.78 is 12.7. The Hall–Kier alpha value is -2.56. The fraction of sp³-hybridized carbons (Fsp3) is 0.381. The van der Waals surface area contributed by atoms with E-state index in [0.717, 1.165) is 28.5 Å². The molecule has 2 aromatic heterocycles. The molecule has 0 radical (unpaired) electrons. The van der Waals surface area contributed by atoms with Crippen molar-refractivity contribution in [2.24, 2.45) is 4.99 Å². The Morgan fingerprint density at radius 3 is 2.53 bits per heavy atom. The van der Waals surface area contributed by atoms with Gasteiger partial charge >= 0.3 is 0 Å². The van der Waals surface area contributed by atoms with Crippen molar-refractivity contribution >= 4 is 35.6 Å². The number of guanidine groups is 1. The van der Waals surface area contributed by atoms with Gasteiger partial charge in [0.1, 0.15) is 0 Å². The van der Waals surface area contributed by atoms with Gasteiger partial charge in [-0.05, 0) is 29.8 Å². The van der Waals surface area contributed by atoms with Gasteiger partial charge in [-0.3, -0.25) is 9.39 Å². The van der Waals surface area contributed by atoms with E-state index in [2.05, 4.69) is 45.7 Å². The number of pyridine rings is 1. The zero-order valence-electron chi connectivity index (χ0n) is 18.0. The molecule has 3 aromatic rings. The van der Waals surface area contributed by atoms with Crippen LogP contribution in [0.15, 0.2) is 47.6 Å². The molecule has 9 heteroatoms. The van der Waals surface area contributed by atoms with Crippen molar-refractivity contribution in [3.63, 3.8) is 0 Å². The van der Waals surface area contributed by atoms with Gasteiger partial charge in [0, 0.05) is 25.2 Å². The zero-order valence-corrected chi connectivity index (χ0v) is 20.3. The van der Waals surface area contributed by atoms with Crippen LogP contribution in [0.5, 0.6) is 11.5 Å². The number of aromatic nitrogens is 3. The average molecular weight is 524 g/mol. The van der Waals surface area contributed by atoms with Crippen molar-refractivity contribution in [3.8, 4) is 11.5 Å². The van der Waals surface area contributed by atoms with Crippen molar-refractivity contribution in [1.29, 1.82) is 0 Å². The van der Waals surface area contributed by atoms with Crippen LogP contribution in [0.3, 0.4) is 0 Å². The second-order valence-electron chi connectivity index (χ2n) is 7.28. The van der Waals surface area contributed by atoms with E-state index in [9.17, 15) is 0 Å². The number of hydrogen-bond acceptors (Lipinski definition) is 5. The monoisotopic (exact) mass is 524 g/mol. The number of hydrogen-bond donors (Lipinski definition) is 2. The second-order valence-corrected chi connectivity index (χ2v) is 7.28. The molecule has 0 saturated carbocycles. The van der Waals surface area contributed by atoms with E-state index in [-0.39, 0.29) is 29.4 Å². The maximum Gasteiger partial charge on any atom is 0.191 e. The molecule has 0 amide bonds. The third kappa shape index (κ3) is 5.32. The Balaban J connectivity index is 0.00000320. The molecule has 0 bridgehead atoms. The molecule has 0 atom stereocenters. The number of nitrogens with zero attached hydrogens (tertiary/aromatic N) is 4. The Kier molecular flexibility index (Phi) is 8.27. The molecule has 30 heavy (non-hydrogen) atoms. The fourth-order valence-corrected chi connectivity index (χ4v) is 3.06. The lowest BCUT2D eigenvalue weighted by atomic mass is 9.84. The molecule has 0 saturated heterocycles. The number of fused-ring (bicyclic) bond motifs is 1. The van der Waals surface area contributed by atoms with Crippen molar-refractivity contribution in [3.05, 3.63) is 54.0 Å². The smallest absolute Gasteiger partial charge is 0.191 e. The number of methoxy groups -OCH3 is 2. The number of benzene rings is 1. The highest BCUT2D eigenvalue weighted by atomic mass is 127. The number of aliphatic imine (C=N–C) groups is 1. The van der Waals surface area contributed by atoms with Crippen LogP contribution in [0.25, 0.3) is 5.65 Å². The molecule has 2 N–H and O–H groups in total. The Morgan fingerprint density at radius 2 is 1.83 bits per heavy atom. The molecule has 2 heterocycles. The van der Waals surface area contributed by atoms with Crippen LogP contribution < -0.4 is 20.1 Å². The van der Waals surface area contributed by atoms with Gasteiger partial charge in [-0.1, -0.05) is 26.0 Å². The summed E-state index contributed by atoms with van der Waals surface area (Å²) in [5.74, 6) is 2.96. The third-order valence-electron chi connectivity index (χ3n) is 4.88. The van der Waals surface area contributed by atoms with E-state index in [1.807, 2.05) is 40.9 Å². The molecular formula is C21H29IN6O2. The van der Waals surface area contributed by atoms with Gasteiger partial charge in [0.05, 0.1) is 20.8 Å². The van der Waals surface area contributed by atoms with Gasteiger partial charge in [0.15, 0.2) is 28.9 Å². The van der Waals surface area contributed by atoms with Gasteiger partial charge < -0.3 is 20.1 Å². The van der Waals surface area contributed by atoms with E-state index in [0.29, 0.717) is 19.0 Å². The quantitative estimate of drug-likeness (QED) is 0.281. The number of halogens is 1. The van der Waals surface area contributed by atoms with Crippen LogP contribution in [0.4, 0.5) is 0 Å². The molecule has 0 unspecified atom stereocenters. The summed E-state index contributed by atoms with van der Waals surface area (Å²) in [4.78, 5) is 4.32. The van der Waals surface area contributed by atoms with Crippen LogP contribution in [0, 0.1) is 0 Å². The zero-order chi connectivity index (χ0) is 20.9. The predicted molar refractivity (Wildman–Crippen MR) is 129 cm³/mol. The van der Waals surface area contributed by atoms with Gasteiger partial charge in [-0.25, -0.2) is 0 Å². The first-order valence-electron chi connectivity index (χ1n) is 9.44. The summed E-state index contributed by atoms with van der Waals surface area (Å²) >= 11 is 0. The summed E-state index contributed by atoms with van der Waals surface area (Å²) in [5.41, 5.74) is 1.81. The first kappa shape index (κ1) is 23.7. The van der Waals surface area contributed by atoms with Gasteiger partial charge in [0.2, 0.25) is 0 Å². The minimum absolute atomic E-state index is 0. The molecule has 0 aliphatic rings. The summed E-state index contributed by atoms with van der Waals surface area (Å²) in [6.45, 7) is 5.53. The van der Waals surface area contributed by atoms with E-state index < -0.39 is 0 Å². The highest BCUT2D eigenvalue weighted by molar-refractivity contribution is 14.0. The fourth-order valence-electron chi connectivity index (χ4n) is 3.06. The first-order chi connectivity index (χ1) is 14.0. The molecule has 3 rings (SSSR count). The van der Waals surface area contributed by atoms with Crippen LogP contribution in [0.2, 0.25) is 0 Å². The lowest BCUT2D eigenvalue weighted by Crippen LogP contribution is -2.43. The molecule has 0 aliphatic heterocycles. The minimum Gasteiger partial charge on any atom is -0.493 e. The van der Waals surface area contributed by atoms with Crippen LogP contribution in [-0.2, 0) is 12.0 Å². The topological polar surface area (TPSA) is 85.1 Å². The largest absolute Gasteiger partial charge is 0.493 e. The second kappa shape index (κ2) is 10.5. The van der Waals surface area contributed by atoms with Crippen LogP contribution >= 0.6 is 24.0 Å². The van der Waals surface area contributed by atoms with Gasteiger partial charge in [0.25, 0.3) is 0 Å². The third-order valence-corrected chi connectivity index (χ3v) is 4.88. The van der Waals surface area contributed by atoms with Gasteiger partial charge in [-0.2, -0.15) is 0 Å². The maximum absolute atomic E-state index is 5.44. The Labute approximate surface area is 194 Å². The molecule has 0 aliphatic carbocycles. The minimum atomic E-state index is -0.154. The predicted octanol–water partition coefficient (Wildman–Crippen LogP) is 3.01. The highest BCUT2D eigenvalue weighted by Gasteiger charge is 2.23. The highest BCUT2D eigenvalue weighted by Crippen LogP contribution is 2.32. The van der Waals surface area contributed by atoms with Crippen molar-refractivity contribution in [1.82, 2.24) is 25.2 Å². The van der Waals surface area contributed by atoms with Crippen LogP contribution in [0.1, 0.15) is 25.2 Å². The summed E-state index contributed by atoms with van der Waals surface area (Å²) in [6, 6.07) is 11.8. The van der Waals surface area contributed by atoms with E-state index in [4.69, 9.17) is 9.47 Å². The summed E-state index contributed by atoms with van der Waals surface area (Å²) in [6.07, 6.45) is 1.95. The summed E-state index contributed by atoms with van der Waals surface area (Å²) in [7, 11) is 5.03. The molecule has 1 aromatic carbocycles. The first-order valence-corrected chi connectivity index (χ1v) is 9.44. The van der Waals surface area contributed by atoms with Crippen molar-refractivity contribution < 1.29 is 9.47 Å². The Morgan fingerprint density at radius 1 is 1.07 bits per heavy atom. The normalized spacial score (nSPS) is 11.7. The number of ether oxygens (including phenoxy) is 2. The van der Waals surface area contributed by atoms with Crippen LogP contribution in [-0.4, -0.2) is 48.4 Å². The Bertz CT molecular complexity index is 1000. The summed E-state index contributed by atoms with van der Waals surface area (Å²) in [5, 5.41) is 15.1. The molecule has 162 valence electrons. The van der Waals surface area contributed by atoms with E-state index >= 15 is 0 Å². The lowest BCUT2D eigenvalue weighted by Gasteiger charge is -2.27. The molecule has 0 spiro atoms. The average Bonchev–Trinajstić information content (AvgIpc) is 3.16. The molecule has 0 fully saturated rings. The standard InChI is InChI=1S/C21H28N6O2.HI/c1-21(2,15-9-10-16(28-4)17(12-15)29-5)14-24-20(22-3)23-13-19-26-25-18-8-6-7-11-27(18)19;/h6-12H,13-14H2,1-5H3,(H2,22,23,24);1H. The number of rotatable bonds is 7. The number of nitrogens with one attached hydrogen (secondary N) is 2.